The van der Waals surface area contributed by atoms with Gasteiger partial charge in [-0.1, -0.05) is 219 Å². The molecule has 0 spiro atoms. The SMILES string of the molecule is CC/C=C\C/C=C\C/C=C\C/C=C\C/C=C\CCCCCCCC(=O)NC(COP(=O)([O-])OCC[N+](C)(C)C)C(/C=C\CCCCCCCCCCC)OC(=O)CCC/C=C\C/C=C\C/C=C\C/C=C\C/C=C\CC. The minimum atomic E-state index is -4.72. The predicted octanol–water partition coefficient (Wildman–Crippen LogP) is 17.5. The average Bonchev–Trinajstić information content (AvgIpc) is 3.37. The van der Waals surface area contributed by atoms with Crippen molar-refractivity contribution in [2.45, 2.75) is 226 Å². The van der Waals surface area contributed by atoms with Gasteiger partial charge in [0, 0.05) is 12.8 Å². The number of esters is 1. The predicted molar refractivity (Wildman–Crippen MR) is 320 cm³/mol. The molecule has 0 aliphatic rings. The van der Waals surface area contributed by atoms with Gasteiger partial charge in [-0.3, -0.25) is 14.2 Å². The van der Waals surface area contributed by atoms with Crippen LogP contribution in [0.5, 0.6) is 0 Å². The number of ether oxygens (including phenoxy) is 1. The third kappa shape index (κ3) is 54.7. The summed E-state index contributed by atoms with van der Waals surface area (Å²) in [6, 6.07) is -0.931. The van der Waals surface area contributed by atoms with Crippen LogP contribution in [0.25, 0.3) is 0 Å². The summed E-state index contributed by atoms with van der Waals surface area (Å²) in [7, 11) is 1.12. The molecule has 1 amide bonds. The Morgan fingerprint density at radius 2 is 0.867 bits per heavy atom. The van der Waals surface area contributed by atoms with E-state index < -0.39 is 32.5 Å². The van der Waals surface area contributed by atoms with Gasteiger partial charge in [-0.2, -0.15) is 0 Å². The number of amides is 1. The maximum Gasteiger partial charge on any atom is 0.306 e. The van der Waals surface area contributed by atoms with E-state index in [1.165, 1.54) is 44.9 Å². The van der Waals surface area contributed by atoms with E-state index in [2.05, 4.69) is 148 Å². The van der Waals surface area contributed by atoms with Crippen molar-refractivity contribution in [3.05, 3.63) is 134 Å². The molecule has 3 unspecified atom stereocenters. The standard InChI is InChI=1S/C65H109N2O7P/c1-7-10-13-16-19-22-25-27-29-31-32-33-34-36-37-39-42-45-48-51-54-57-64(68)66-62(61-73-75(70,71)72-60-59-67(4,5)6)63(56-53-50-47-44-41-24-21-18-15-12-9-3)74-65(69)58-55-52-49-46-43-40-38-35-30-28-26-23-20-17-14-11-8-2/h10-11,13-14,19-20,22-23,27-30,32-33,36-38,40,46,49,53,56,62-63H,7-9,12,15-18,21,24-26,31,34-35,39,41-45,47-48,50-52,54-55,57-61H2,1-6H3,(H-,66,68,70,71)/b13-10-,14-11-,22-19-,23-20-,29-27-,30-28-,33-32-,37-36-,40-38-,49-46-,56-53-. The van der Waals surface area contributed by atoms with Crippen molar-refractivity contribution in [1.29, 1.82) is 0 Å². The minimum Gasteiger partial charge on any atom is -0.756 e. The first-order valence-electron chi connectivity index (χ1n) is 29.5. The van der Waals surface area contributed by atoms with Crippen LogP contribution in [-0.4, -0.2) is 69.4 Å². The fourth-order valence-corrected chi connectivity index (χ4v) is 8.30. The summed E-state index contributed by atoms with van der Waals surface area (Å²) in [6.07, 6.45) is 75.7. The van der Waals surface area contributed by atoms with Gasteiger partial charge in [0.15, 0.2) is 0 Å². The summed E-state index contributed by atoms with van der Waals surface area (Å²) in [6.45, 7) is 6.52. The molecule has 0 rings (SSSR count). The molecule has 0 fully saturated rings. The monoisotopic (exact) mass is 1060 g/mol. The zero-order valence-corrected chi connectivity index (χ0v) is 49.3. The van der Waals surface area contributed by atoms with Crippen LogP contribution in [0.4, 0.5) is 0 Å². The van der Waals surface area contributed by atoms with Crippen LogP contribution in [0.1, 0.15) is 213 Å². The molecule has 0 aromatic rings. The number of nitrogens with one attached hydrogen (secondary N) is 1. The summed E-state index contributed by atoms with van der Waals surface area (Å²) < 4.78 is 30.2. The Labute approximate surface area is 460 Å². The van der Waals surface area contributed by atoms with Crippen molar-refractivity contribution in [2.24, 2.45) is 0 Å². The van der Waals surface area contributed by atoms with E-state index in [9.17, 15) is 19.0 Å². The third-order valence-corrected chi connectivity index (χ3v) is 13.0. The molecule has 0 aromatic carbocycles. The number of phosphoric ester groups is 1. The van der Waals surface area contributed by atoms with Crippen molar-refractivity contribution >= 4 is 19.7 Å². The van der Waals surface area contributed by atoms with Crippen LogP contribution in [0.15, 0.2) is 134 Å². The van der Waals surface area contributed by atoms with Crippen molar-refractivity contribution in [2.75, 3.05) is 40.9 Å². The second-order valence-electron chi connectivity index (χ2n) is 20.4. The Balaban J connectivity index is 5.40. The zero-order valence-electron chi connectivity index (χ0n) is 48.4. The second-order valence-corrected chi connectivity index (χ2v) is 21.8. The second kappa shape index (κ2) is 53.5. The molecule has 1 N–H and O–H groups in total. The Morgan fingerprint density at radius 1 is 0.480 bits per heavy atom. The number of likely N-dealkylation sites (N-methyl/N-ethyl adjacent to an activating group) is 1. The molecule has 3 atom stereocenters. The number of hydrogen-bond donors (Lipinski definition) is 1. The Hall–Kier alpha value is -3.85. The number of carbonyl (C=O) groups is 2. The fraction of sp³-hybridized carbons (Fsp3) is 0.631. The fourth-order valence-electron chi connectivity index (χ4n) is 7.58. The lowest BCUT2D eigenvalue weighted by Gasteiger charge is -2.30. The molecule has 0 heterocycles. The maximum atomic E-state index is 13.5. The highest BCUT2D eigenvalue weighted by atomic mass is 31.2. The Morgan fingerprint density at radius 3 is 1.31 bits per heavy atom. The first-order valence-corrected chi connectivity index (χ1v) is 31.0. The van der Waals surface area contributed by atoms with Gasteiger partial charge in [0.2, 0.25) is 5.91 Å². The summed E-state index contributed by atoms with van der Waals surface area (Å²) in [5.41, 5.74) is 0. The highest BCUT2D eigenvalue weighted by Gasteiger charge is 2.27. The number of nitrogens with zero attached hydrogens (tertiary/aromatic N) is 1. The van der Waals surface area contributed by atoms with Crippen molar-refractivity contribution in [1.82, 2.24) is 5.32 Å². The molecule has 10 heteroatoms. The topological polar surface area (TPSA) is 114 Å². The lowest BCUT2D eigenvalue weighted by atomic mass is 10.1. The van der Waals surface area contributed by atoms with Gasteiger partial charge in [0.25, 0.3) is 7.82 Å². The molecule has 75 heavy (non-hydrogen) atoms. The lowest BCUT2D eigenvalue weighted by molar-refractivity contribution is -0.870. The van der Waals surface area contributed by atoms with Crippen molar-refractivity contribution in [3.8, 4) is 0 Å². The number of carbonyl (C=O) groups excluding carboxylic acids is 2. The molecule has 0 aromatic heterocycles. The summed E-state index contributed by atoms with van der Waals surface area (Å²) in [5, 5.41) is 2.99. The number of unbranched alkanes of at least 4 members (excludes halogenated alkanes) is 15. The lowest BCUT2D eigenvalue weighted by Crippen LogP contribution is -2.47. The minimum absolute atomic E-state index is 0.0431. The van der Waals surface area contributed by atoms with Crippen molar-refractivity contribution < 1.29 is 37.3 Å². The van der Waals surface area contributed by atoms with Gasteiger partial charge in [0.05, 0.1) is 33.8 Å². The first-order chi connectivity index (χ1) is 36.4. The van der Waals surface area contributed by atoms with Crippen LogP contribution in [-0.2, 0) is 27.9 Å². The molecule has 0 saturated heterocycles. The Bertz CT molecular complexity index is 1740. The van der Waals surface area contributed by atoms with Crippen LogP contribution in [0, 0.1) is 0 Å². The molecule has 0 saturated carbocycles. The first kappa shape index (κ1) is 71.2. The normalized spacial score (nSPS) is 14.7. The maximum absolute atomic E-state index is 13.5. The van der Waals surface area contributed by atoms with Crippen LogP contribution >= 0.6 is 7.82 Å². The molecule has 426 valence electrons. The highest BCUT2D eigenvalue weighted by Crippen LogP contribution is 2.38. The number of allylic oxidation sites excluding steroid dienone is 21. The van der Waals surface area contributed by atoms with Crippen LogP contribution < -0.4 is 10.2 Å². The number of hydrogen-bond acceptors (Lipinski definition) is 7. The molecule has 9 nitrogen and oxygen atoms in total. The Kier molecular flexibility index (Phi) is 50.8. The van der Waals surface area contributed by atoms with E-state index in [-0.39, 0.29) is 25.4 Å². The van der Waals surface area contributed by atoms with E-state index in [1.54, 1.807) is 6.08 Å². The molecular weight excluding hydrogens is 952 g/mol. The number of rotatable bonds is 51. The molecule has 0 aliphatic carbocycles. The van der Waals surface area contributed by atoms with E-state index in [4.69, 9.17) is 13.8 Å². The highest BCUT2D eigenvalue weighted by molar-refractivity contribution is 7.45. The van der Waals surface area contributed by atoms with Gasteiger partial charge < -0.3 is 28.5 Å². The quantitative estimate of drug-likeness (QED) is 0.0212. The van der Waals surface area contributed by atoms with E-state index in [0.717, 1.165) is 122 Å². The largest absolute Gasteiger partial charge is 0.756 e. The van der Waals surface area contributed by atoms with Gasteiger partial charge >= 0.3 is 5.97 Å². The van der Waals surface area contributed by atoms with Crippen molar-refractivity contribution in [3.63, 3.8) is 0 Å². The molecule has 0 radical (unpaired) electrons. The third-order valence-electron chi connectivity index (χ3n) is 12.1. The van der Waals surface area contributed by atoms with E-state index in [0.29, 0.717) is 23.9 Å². The van der Waals surface area contributed by atoms with Gasteiger partial charge in [0.1, 0.15) is 19.3 Å². The average molecular weight is 1060 g/mol. The van der Waals surface area contributed by atoms with Crippen LogP contribution in [0.3, 0.4) is 0 Å². The van der Waals surface area contributed by atoms with Gasteiger partial charge in [-0.05, 0) is 115 Å². The molecule has 0 bridgehead atoms. The summed E-state index contributed by atoms with van der Waals surface area (Å²) >= 11 is 0. The molecular formula is C65H109N2O7P. The molecule has 0 aliphatic heterocycles. The summed E-state index contributed by atoms with van der Waals surface area (Å²) in [5.74, 6) is -0.644. The smallest absolute Gasteiger partial charge is 0.306 e. The van der Waals surface area contributed by atoms with E-state index in [1.807, 2.05) is 27.2 Å². The van der Waals surface area contributed by atoms with Crippen LogP contribution in [0.2, 0.25) is 0 Å². The summed E-state index contributed by atoms with van der Waals surface area (Å²) in [4.78, 5) is 39.9. The van der Waals surface area contributed by atoms with Gasteiger partial charge in [-0.15, -0.1) is 0 Å². The number of phosphoric acid groups is 1. The number of quaternary nitrogens is 1. The van der Waals surface area contributed by atoms with E-state index >= 15 is 0 Å². The zero-order chi connectivity index (χ0) is 55.0. The van der Waals surface area contributed by atoms with Gasteiger partial charge in [-0.25, -0.2) is 0 Å².